The van der Waals surface area contributed by atoms with Crippen LogP contribution in [0.3, 0.4) is 0 Å². The second-order valence-electron chi connectivity index (χ2n) is 5.83. The number of hydrogen-bond donors (Lipinski definition) is 2. The highest BCUT2D eigenvalue weighted by molar-refractivity contribution is 7.89. The molecule has 0 aromatic heterocycles. The number of carbonyl (C=O) groups is 1. The third-order valence-corrected chi connectivity index (χ3v) is 6.07. The van der Waals surface area contributed by atoms with E-state index in [0.29, 0.717) is 32.0 Å². The lowest BCUT2D eigenvalue weighted by Crippen LogP contribution is -2.50. The van der Waals surface area contributed by atoms with Gasteiger partial charge in [-0.1, -0.05) is 6.42 Å². The Bertz CT molecular complexity index is 434. The van der Waals surface area contributed by atoms with Crippen molar-refractivity contribution in [3.63, 3.8) is 0 Å². The monoisotopic (exact) mass is 303 g/mol. The molecule has 1 saturated carbocycles. The lowest BCUT2D eigenvalue weighted by atomic mass is 10.1. The predicted molar refractivity (Wildman–Crippen MR) is 77.5 cm³/mol. The van der Waals surface area contributed by atoms with Crippen molar-refractivity contribution in [3.8, 4) is 0 Å². The third-order valence-electron chi connectivity index (χ3n) is 3.98. The van der Waals surface area contributed by atoms with Crippen LogP contribution in [-0.4, -0.2) is 50.1 Å². The number of nitrogens with two attached hydrogens (primary N) is 1. The molecule has 0 aromatic rings. The van der Waals surface area contributed by atoms with E-state index in [2.05, 4.69) is 5.32 Å². The van der Waals surface area contributed by atoms with Crippen molar-refractivity contribution in [1.82, 2.24) is 9.62 Å². The summed E-state index contributed by atoms with van der Waals surface area (Å²) in [5.74, 6) is 0.535. The van der Waals surface area contributed by atoms with Gasteiger partial charge in [0, 0.05) is 32.1 Å². The van der Waals surface area contributed by atoms with Crippen molar-refractivity contribution in [2.24, 2.45) is 11.7 Å². The van der Waals surface area contributed by atoms with Crippen molar-refractivity contribution < 1.29 is 13.2 Å². The van der Waals surface area contributed by atoms with E-state index in [1.54, 1.807) is 4.31 Å². The van der Waals surface area contributed by atoms with Gasteiger partial charge in [-0.25, -0.2) is 8.42 Å². The minimum Gasteiger partial charge on any atom is -0.354 e. The molecule has 1 aliphatic carbocycles. The lowest BCUT2D eigenvalue weighted by molar-refractivity contribution is -0.121. The van der Waals surface area contributed by atoms with Crippen LogP contribution >= 0.6 is 0 Å². The molecule has 6 nitrogen and oxygen atoms in total. The molecule has 7 heteroatoms. The Kier molecular flexibility index (Phi) is 5.40. The molecular formula is C13H25N3O3S. The minimum atomic E-state index is -3.17. The maximum absolute atomic E-state index is 12.4. The first-order chi connectivity index (χ1) is 9.53. The normalized spacial score (nSPS) is 24.6. The summed E-state index contributed by atoms with van der Waals surface area (Å²) in [6.45, 7) is 1.31. The maximum Gasteiger partial charge on any atom is 0.221 e. The van der Waals surface area contributed by atoms with Crippen LogP contribution in [0.4, 0.5) is 0 Å². The van der Waals surface area contributed by atoms with Crippen LogP contribution in [0.2, 0.25) is 0 Å². The van der Waals surface area contributed by atoms with E-state index in [-0.39, 0.29) is 17.7 Å². The summed E-state index contributed by atoms with van der Waals surface area (Å²) >= 11 is 0. The molecule has 0 bridgehead atoms. The zero-order valence-electron chi connectivity index (χ0n) is 11.9. The topological polar surface area (TPSA) is 92.5 Å². The van der Waals surface area contributed by atoms with Crippen LogP contribution in [0.15, 0.2) is 0 Å². The Morgan fingerprint density at radius 3 is 2.65 bits per heavy atom. The van der Waals surface area contributed by atoms with Gasteiger partial charge in [0.15, 0.2) is 0 Å². The fourth-order valence-corrected chi connectivity index (χ4v) is 4.84. The quantitative estimate of drug-likeness (QED) is 0.695. The van der Waals surface area contributed by atoms with E-state index < -0.39 is 10.0 Å². The Morgan fingerprint density at radius 2 is 2.00 bits per heavy atom. The fraction of sp³-hybridized carbons (Fsp3) is 0.923. The maximum atomic E-state index is 12.4. The summed E-state index contributed by atoms with van der Waals surface area (Å²) in [4.78, 5) is 11.5. The van der Waals surface area contributed by atoms with Gasteiger partial charge in [0.1, 0.15) is 0 Å². The number of piperidine rings is 1. The molecule has 116 valence electrons. The minimum absolute atomic E-state index is 0.0887. The van der Waals surface area contributed by atoms with E-state index >= 15 is 0 Å². The predicted octanol–water partition coefficient (Wildman–Crippen LogP) is 0.0457. The zero-order valence-corrected chi connectivity index (χ0v) is 12.7. The fourth-order valence-electron chi connectivity index (χ4n) is 2.67. The van der Waals surface area contributed by atoms with E-state index in [9.17, 15) is 13.2 Å². The molecule has 1 heterocycles. The summed E-state index contributed by atoms with van der Waals surface area (Å²) in [6.07, 6.45) is 5.12. The van der Waals surface area contributed by atoms with Crippen molar-refractivity contribution in [2.75, 3.05) is 25.4 Å². The van der Waals surface area contributed by atoms with Gasteiger partial charge in [-0.3, -0.25) is 4.79 Å². The average Bonchev–Trinajstić information content (AvgIpc) is 3.20. The molecule has 1 atom stereocenters. The van der Waals surface area contributed by atoms with Crippen molar-refractivity contribution in [2.45, 2.75) is 44.6 Å². The molecule has 1 amide bonds. The van der Waals surface area contributed by atoms with Crippen LogP contribution < -0.4 is 11.1 Å². The average molecular weight is 303 g/mol. The molecule has 1 aliphatic heterocycles. The second-order valence-corrected chi connectivity index (χ2v) is 7.79. The highest BCUT2D eigenvalue weighted by Gasteiger charge is 2.36. The van der Waals surface area contributed by atoms with E-state index in [0.717, 1.165) is 32.1 Å². The highest BCUT2D eigenvalue weighted by atomic mass is 32.2. The van der Waals surface area contributed by atoms with Crippen LogP contribution in [0, 0.1) is 5.92 Å². The zero-order chi connectivity index (χ0) is 14.6. The van der Waals surface area contributed by atoms with Gasteiger partial charge in [-0.15, -0.1) is 0 Å². The number of sulfonamides is 1. The Balaban J connectivity index is 1.92. The van der Waals surface area contributed by atoms with Gasteiger partial charge >= 0.3 is 0 Å². The number of rotatable bonds is 7. The third kappa shape index (κ3) is 4.43. The van der Waals surface area contributed by atoms with Crippen molar-refractivity contribution >= 4 is 15.9 Å². The molecule has 0 aromatic carbocycles. The molecule has 3 N–H and O–H groups in total. The molecule has 20 heavy (non-hydrogen) atoms. The molecule has 2 aliphatic rings. The molecule has 2 rings (SSSR count). The highest BCUT2D eigenvalue weighted by Crippen LogP contribution is 2.32. The Morgan fingerprint density at radius 1 is 1.25 bits per heavy atom. The number of nitrogens with zero attached hydrogens (tertiary/aromatic N) is 1. The number of carbonyl (C=O) groups excluding carboxylic acids is 1. The molecule has 2 fully saturated rings. The molecule has 1 unspecified atom stereocenters. The van der Waals surface area contributed by atoms with Crippen LogP contribution in [0.25, 0.3) is 0 Å². The van der Waals surface area contributed by atoms with Gasteiger partial charge in [0.25, 0.3) is 0 Å². The first-order valence-electron chi connectivity index (χ1n) is 7.49. The van der Waals surface area contributed by atoms with E-state index in [1.165, 1.54) is 0 Å². The van der Waals surface area contributed by atoms with Gasteiger partial charge in [-0.2, -0.15) is 4.31 Å². The largest absolute Gasteiger partial charge is 0.354 e. The second kappa shape index (κ2) is 6.87. The van der Waals surface area contributed by atoms with Gasteiger partial charge in [0.2, 0.25) is 15.9 Å². The summed E-state index contributed by atoms with van der Waals surface area (Å²) in [5, 5.41) is 2.80. The van der Waals surface area contributed by atoms with Gasteiger partial charge in [0.05, 0.1) is 5.75 Å². The molecule has 1 saturated heterocycles. The summed E-state index contributed by atoms with van der Waals surface area (Å²) < 4.78 is 26.4. The lowest BCUT2D eigenvalue weighted by Gasteiger charge is -2.34. The van der Waals surface area contributed by atoms with Gasteiger partial charge in [-0.05, 0) is 31.6 Å². The first kappa shape index (κ1) is 15.7. The van der Waals surface area contributed by atoms with Crippen LogP contribution in [0.5, 0.6) is 0 Å². The number of nitrogens with one attached hydrogen (secondary N) is 1. The van der Waals surface area contributed by atoms with Crippen molar-refractivity contribution in [1.29, 1.82) is 0 Å². The Labute approximate surface area is 121 Å². The van der Waals surface area contributed by atoms with Gasteiger partial charge < -0.3 is 11.1 Å². The Hall–Kier alpha value is -0.660. The van der Waals surface area contributed by atoms with Crippen LogP contribution in [-0.2, 0) is 14.8 Å². The smallest absolute Gasteiger partial charge is 0.221 e. The molecule has 0 spiro atoms. The standard InChI is InChI=1S/C13H25N3O3S/c14-7-6-13(17)15-9-12-3-1-2-8-16(12)20(18,19)10-11-4-5-11/h11-12H,1-10,14H2,(H,15,17). The summed E-state index contributed by atoms with van der Waals surface area (Å²) in [5.41, 5.74) is 5.33. The number of hydrogen-bond acceptors (Lipinski definition) is 4. The van der Waals surface area contributed by atoms with E-state index in [4.69, 9.17) is 5.73 Å². The summed E-state index contributed by atoms with van der Waals surface area (Å²) in [7, 11) is -3.17. The van der Waals surface area contributed by atoms with Crippen LogP contribution in [0.1, 0.15) is 38.5 Å². The van der Waals surface area contributed by atoms with Crippen molar-refractivity contribution in [3.05, 3.63) is 0 Å². The molecular weight excluding hydrogens is 278 g/mol. The summed E-state index contributed by atoms with van der Waals surface area (Å²) in [6, 6.07) is -0.0887. The molecule has 0 radical (unpaired) electrons. The van der Waals surface area contributed by atoms with E-state index in [1.807, 2.05) is 0 Å². The SMILES string of the molecule is NCCC(=O)NCC1CCCCN1S(=O)(=O)CC1CC1. The first-order valence-corrected chi connectivity index (χ1v) is 9.10. The number of amides is 1.